The quantitative estimate of drug-likeness (QED) is 0.834. The van der Waals surface area contributed by atoms with Crippen molar-refractivity contribution < 1.29 is 13.5 Å². The lowest BCUT2D eigenvalue weighted by atomic mass is 10.1. The van der Waals surface area contributed by atoms with Crippen LogP contribution in [0.25, 0.3) is 11.0 Å². The van der Waals surface area contributed by atoms with Crippen molar-refractivity contribution in [3.8, 4) is 0 Å². The first-order chi connectivity index (χ1) is 8.94. The van der Waals surface area contributed by atoms with Gasteiger partial charge in [0.05, 0.1) is 35.6 Å². The van der Waals surface area contributed by atoms with Gasteiger partial charge in [-0.15, -0.1) is 0 Å². The maximum absolute atomic E-state index is 13.3. The van der Waals surface area contributed by atoms with Crippen LogP contribution in [0.1, 0.15) is 26.7 Å². The molecule has 0 aliphatic carbocycles. The Balaban J connectivity index is 1.88. The summed E-state index contributed by atoms with van der Waals surface area (Å²) >= 11 is 0. The molecule has 2 heterocycles. The standard InChI is InChI=1S/C14H16F2N2O/c1-14(2)4-3-9(19-14)7-18-8-17-12-5-10(15)11(16)6-13(12)18/h5-6,8-9H,3-4,7H2,1-2H3. The highest BCUT2D eigenvalue weighted by atomic mass is 19.2. The van der Waals surface area contributed by atoms with Crippen molar-refractivity contribution in [2.24, 2.45) is 0 Å². The van der Waals surface area contributed by atoms with Gasteiger partial charge in [0.1, 0.15) is 0 Å². The molecule has 1 saturated heterocycles. The average molecular weight is 266 g/mol. The number of nitrogens with zero attached hydrogens (tertiary/aromatic N) is 2. The van der Waals surface area contributed by atoms with E-state index in [1.165, 1.54) is 6.07 Å². The molecule has 0 saturated carbocycles. The molecule has 1 aliphatic rings. The van der Waals surface area contributed by atoms with Crippen LogP contribution in [0.3, 0.4) is 0 Å². The van der Waals surface area contributed by atoms with Gasteiger partial charge in [0.15, 0.2) is 11.6 Å². The molecule has 19 heavy (non-hydrogen) atoms. The lowest BCUT2D eigenvalue weighted by Gasteiger charge is -2.19. The Morgan fingerprint density at radius 2 is 2.11 bits per heavy atom. The number of aromatic nitrogens is 2. The zero-order chi connectivity index (χ0) is 13.6. The number of hydrogen-bond donors (Lipinski definition) is 0. The van der Waals surface area contributed by atoms with E-state index >= 15 is 0 Å². The van der Waals surface area contributed by atoms with Crippen LogP contribution in [-0.4, -0.2) is 21.3 Å². The number of benzene rings is 1. The summed E-state index contributed by atoms with van der Waals surface area (Å²) in [5.41, 5.74) is 0.974. The van der Waals surface area contributed by atoms with Crippen molar-refractivity contribution in [2.75, 3.05) is 0 Å². The topological polar surface area (TPSA) is 27.1 Å². The predicted octanol–water partition coefficient (Wildman–Crippen LogP) is 3.27. The molecule has 1 aliphatic heterocycles. The molecule has 1 unspecified atom stereocenters. The Hall–Kier alpha value is -1.49. The van der Waals surface area contributed by atoms with E-state index in [2.05, 4.69) is 18.8 Å². The Bertz CT molecular complexity index is 621. The van der Waals surface area contributed by atoms with E-state index in [-0.39, 0.29) is 11.7 Å². The largest absolute Gasteiger partial charge is 0.370 e. The van der Waals surface area contributed by atoms with Gasteiger partial charge in [0.25, 0.3) is 0 Å². The van der Waals surface area contributed by atoms with Gasteiger partial charge in [-0.05, 0) is 26.7 Å². The molecule has 1 fully saturated rings. The van der Waals surface area contributed by atoms with Crippen molar-refractivity contribution in [3.63, 3.8) is 0 Å². The highest BCUT2D eigenvalue weighted by Gasteiger charge is 2.31. The van der Waals surface area contributed by atoms with E-state index in [4.69, 9.17) is 4.74 Å². The smallest absolute Gasteiger partial charge is 0.161 e. The first-order valence-electron chi connectivity index (χ1n) is 6.42. The van der Waals surface area contributed by atoms with Gasteiger partial charge in [0, 0.05) is 12.1 Å². The summed E-state index contributed by atoms with van der Waals surface area (Å²) < 4.78 is 34.1. The average Bonchev–Trinajstić information content (AvgIpc) is 2.85. The second kappa shape index (κ2) is 4.27. The van der Waals surface area contributed by atoms with Crippen LogP contribution < -0.4 is 0 Å². The van der Waals surface area contributed by atoms with Crippen LogP contribution in [0.2, 0.25) is 0 Å². The number of fused-ring (bicyclic) bond motifs is 1. The first kappa shape index (κ1) is 12.5. The molecule has 1 aromatic carbocycles. The van der Waals surface area contributed by atoms with E-state index in [1.807, 2.05) is 4.57 Å². The Morgan fingerprint density at radius 3 is 2.79 bits per heavy atom. The van der Waals surface area contributed by atoms with Gasteiger partial charge < -0.3 is 9.30 Å². The minimum Gasteiger partial charge on any atom is -0.370 e. The molecule has 1 atom stereocenters. The van der Waals surface area contributed by atoms with Crippen LogP contribution in [0, 0.1) is 11.6 Å². The van der Waals surface area contributed by atoms with Crippen LogP contribution >= 0.6 is 0 Å². The second-order valence-electron chi connectivity index (χ2n) is 5.69. The van der Waals surface area contributed by atoms with Gasteiger partial charge in [-0.1, -0.05) is 0 Å². The second-order valence-corrected chi connectivity index (χ2v) is 5.69. The lowest BCUT2D eigenvalue weighted by Crippen LogP contribution is -2.22. The third-order valence-electron chi connectivity index (χ3n) is 3.62. The zero-order valence-electron chi connectivity index (χ0n) is 11.0. The van der Waals surface area contributed by atoms with E-state index < -0.39 is 11.6 Å². The summed E-state index contributed by atoms with van der Waals surface area (Å²) in [4.78, 5) is 4.10. The minimum absolute atomic E-state index is 0.0977. The normalized spacial score (nSPS) is 22.2. The molecule has 0 spiro atoms. The number of hydrogen-bond acceptors (Lipinski definition) is 2. The predicted molar refractivity (Wildman–Crippen MR) is 67.8 cm³/mol. The zero-order valence-corrected chi connectivity index (χ0v) is 11.0. The summed E-state index contributed by atoms with van der Waals surface area (Å²) in [6.07, 6.45) is 3.68. The molecule has 3 nitrogen and oxygen atoms in total. The van der Waals surface area contributed by atoms with Crippen LogP contribution in [0.15, 0.2) is 18.5 Å². The van der Waals surface area contributed by atoms with E-state index in [0.29, 0.717) is 17.6 Å². The molecule has 0 N–H and O–H groups in total. The fourth-order valence-electron chi connectivity index (χ4n) is 2.62. The molecule has 3 rings (SSSR count). The third kappa shape index (κ3) is 2.34. The molecule has 0 amide bonds. The number of imidazole rings is 1. The maximum Gasteiger partial charge on any atom is 0.161 e. The van der Waals surface area contributed by atoms with Crippen molar-refractivity contribution >= 4 is 11.0 Å². The molecule has 102 valence electrons. The minimum atomic E-state index is -0.865. The summed E-state index contributed by atoms with van der Waals surface area (Å²) in [6, 6.07) is 2.32. The molecular weight excluding hydrogens is 250 g/mol. The molecule has 0 radical (unpaired) electrons. The monoisotopic (exact) mass is 266 g/mol. The summed E-state index contributed by atoms with van der Waals surface area (Å²) in [5.74, 6) is -1.71. The van der Waals surface area contributed by atoms with E-state index in [1.54, 1.807) is 6.33 Å². The van der Waals surface area contributed by atoms with Gasteiger partial charge in [0.2, 0.25) is 0 Å². The fraction of sp³-hybridized carbons (Fsp3) is 0.500. The fourth-order valence-corrected chi connectivity index (χ4v) is 2.62. The van der Waals surface area contributed by atoms with Gasteiger partial charge in [-0.3, -0.25) is 0 Å². The summed E-state index contributed by atoms with van der Waals surface area (Å²) in [7, 11) is 0. The van der Waals surface area contributed by atoms with Gasteiger partial charge in [-0.2, -0.15) is 0 Å². The molecule has 0 bridgehead atoms. The molecule has 5 heteroatoms. The number of ether oxygens (including phenoxy) is 1. The van der Waals surface area contributed by atoms with Crippen LogP contribution in [0.4, 0.5) is 8.78 Å². The van der Waals surface area contributed by atoms with Crippen LogP contribution in [-0.2, 0) is 11.3 Å². The van der Waals surface area contributed by atoms with Crippen LogP contribution in [0.5, 0.6) is 0 Å². The molecule has 1 aromatic heterocycles. The molecule has 2 aromatic rings. The first-order valence-corrected chi connectivity index (χ1v) is 6.42. The SMILES string of the molecule is CC1(C)CCC(Cn2cnc3cc(F)c(F)cc32)O1. The number of rotatable bonds is 2. The van der Waals surface area contributed by atoms with Crippen molar-refractivity contribution in [2.45, 2.75) is 44.9 Å². The van der Waals surface area contributed by atoms with E-state index in [0.717, 1.165) is 18.9 Å². The van der Waals surface area contributed by atoms with Crippen molar-refractivity contribution in [1.82, 2.24) is 9.55 Å². The van der Waals surface area contributed by atoms with Gasteiger partial charge >= 0.3 is 0 Å². The summed E-state index contributed by atoms with van der Waals surface area (Å²) in [5, 5.41) is 0. The summed E-state index contributed by atoms with van der Waals surface area (Å²) in [6.45, 7) is 4.74. The maximum atomic E-state index is 13.3. The highest BCUT2D eigenvalue weighted by Crippen LogP contribution is 2.30. The molecular formula is C14H16F2N2O. The van der Waals surface area contributed by atoms with Crippen molar-refractivity contribution in [1.29, 1.82) is 0 Å². The number of halogens is 2. The van der Waals surface area contributed by atoms with Gasteiger partial charge in [-0.25, -0.2) is 13.8 Å². The third-order valence-corrected chi connectivity index (χ3v) is 3.62. The highest BCUT2D eigenvalue weighted by molar-refractivity contribution is 5.75. The van der Waals surface area contributed by atoms with E-state index in [9.17, 15) is 8.78 Å². The Kier molecular flexibility index (Phi) is 2.82. The van der Waals surface area contributed by atoms with Crippen molar-refractivity contribution in [3.05, 3.63) is 30.1 Å². The Labute approximate surface area is 110 Å². The lowest BCUT2D eigenvalue weighted by molar-refractivity contribution is -0.0212. The Morgan fingerprint density at radius 1 is 1.37 bits per heavy atom.